The number of rotatable bonds is 4. The first-order valence-electron chi connectivity index (χ1n) is 8.58. The fourth-order valence-corrected chi connectivity index (χ4v) is 3.41. The third kappa shape index (κ3) is 3.69. The number of methoxy groups -OCH3 is 1. The number of carbonyl (C=O) groups excluding carboxylic acids is 1. The van der Waals surface area contributed by atoms with Gasteiger partial charge in [-0.2, -0.15) is 0 Å². The molecule has 1 aliphatic rings. The summed E-state index contributed by atoms with van der Waals surface area (Å²) in [6.07, 6.45) is 0.728. The average Bonchev–Trinajstić information content (AvgIpc) is 2.59. The van der Waals surface area contributed by atoms with Crippen molar-refractivity contribution in [3.05, 3.63) is 40.2 Å². The predicted octanol–water partition coefficient (Wildman–Crippen LogP) is 2.11. The minimum absolute atomic E-state index is 0.0634. The molecule has 1 N–H and O–H groups in total. The Morgan fingerprint density at radius 2 is 2.00 bits per heavy atom. The number of carbonyl (C=O) groups is 1. The molecule has 0 aliphatic carbocycles. The minimum Gasteiger partial charge on any atom is -0.497 e. The molecule has 2 atom stereocenters. The molecule has 1 aromatic heterocycles. The fourth-order valence-electron chi connectivity index (χ4n) is 3.41. The molecule has 134 valence electrons. The van der Waals surface area contributed by atoms with Crippen molar-refractivity contribution in [2.24, 2.45) is 0 Å². The van der Waals surface area contributed by atoms with E-state index < -0.39 is 0 Å². The first-order valence-corrected chi connectivity index (χ1v) is 8.58. The molecule has 2 heterocycles. The summed E-state index contributed by atoms with van der Waals surface area (Å²) >= 11 is 0. The number of nitrogens with one attached hydrogen (secondary N) is 1. The van der Waals surface area contributed by atoms with Crippen molar-refractivity contribution < 1.29 is 14.3 Å². The van der Waals surface area contributed by atoms with Gasteiger partial charge in [0.25, 0.3) is 5.56 Å². The maximum Gasteiger partial charge on any atom is 0.251 e. The lowest BCUT2D eigenvalue weighted by atomic mass is 10.1. The van der Waals surface area contributed by atoms with Crippen molar-refractivity contribution in [1.29, 1.82) is 0 Å². The van der Waals surface area contributed by atoms with Crippen LogP contribution in [0, 0.1) is 0 Å². The van der Waals surface area contributed by atoms with Crippen LogP contribution < -0.4 is 10.3 Å². The summed E-state index contributed by atoms with van der Waals surface area (Å²) in [5.41, 5.74) is 1.23. The molecular formula is C19H24N2O4. The van der Waals surface area contributed by atoms with Crippen LogP contribution in [0.1, 0.15) is 25.8 Å². The molecule has 1 aromatic carbocycles. The molecule has 25 heavy (non-hydrogen) atoms. The molecule has 0 bridgehead atoms. The number of morpholine rings is 1. The molecule has 6 heteroatoms. The monoisotopic (exact) mass is 344 g/mol. The minimum atomic E-state index is -0.145. The summed E-state index contributed by atoms with van der Waals surface area (Å²) < 4.78 is 10.7. The first kappa shape index (κ1) is 17.5. The highest BCUT2D eigenvalue weighted by atomic mass is 16.5. The van der Waals surface area contributed by atoms with Gasteiger partial charge in [0.1, 0.15) is 5.75 Å². The van der Waals surface area contributed by atoms with Crippen molar-refractivity contribution in [1.82, 2.24) is 9.88 Å². The van der Waals surface area contributed by atoms with E-state index in [9.17, 15) is 9.59 Å². The average molecular weight is 344 g/mol. The highest BCUT2D eigenvalue weighted by Crippen LogP contribution is 2.20. The van der Waals surface area contributed by atoms with Crippen LogP contribution in [-0.2, 0) is 16.0 Å². The zero-order valence-electron chi connectivity index (χ0n) is 14.9. The summed E-state index contributed by atoms with van der Waals surface area (Å²) in [6.45, 7) is 5.10. The summed E-state index contributed by atoms with van der Waals surface area (Å²) in [4.78, 5) is 29.6. The van der Waals surface area contributed by atoms with E-state index in [1.807, 2.05) is 43.0 Å². The Hall–Kier alpha value is -2.34. The number of nitrogens with zero attached hydrogens (tertiary/aromatic N) is 1. The quantitative estimate of drug-likeness (QED) is 0.922. The van der Waals surface area contributed by atoms with Crippen molar-refractivity contribution >= 4 is 16.8 Å². The van der Waals surface area contributed by atoms with Gasteiger partial charge in [-0.25, -0.2) is 0 Å². The number of aromatic amines is 1. The highest BCUT2D eigenvalue weighted by Gasteiger charge is 2.29. The Balaban J connectivity index is 1.77. The summed E-state index contributed by atoms with van der Waals surface area (Å²) in [7, 11) is 1.61. The molecule has 6 nitrogen and oxygen atoms in total. The van der Waals surface area contributed by atoms with Gasteiger partial charge >= 0.3 is 0 Å². The van der Waals surface area contributed by atoms with Crippen LogP contribution >= 0.6 is 0 Å². The normalized spacial score (nSPS) is 20.7. The number of hydrogen-bond donors (Lipinski definition) is 1. The second kappa shape index (κ2) is 7.27. The van der Waals surface area contributed by atoms with Crippen LogP contribution in [0.15, 0.2) is 29.1 Å². The topological polar surface area (TPSA) is 71.6 Å². The second-order valence-electron chi connectivity index (χ2n) is 6.61. The lowest BCUT2D eigenvalue weighted by Crippen LogP contribution is -2.52. The number of ether oxygens (including phenoxy) is 2. The van der Waals surface area contributed by atoms with Crippen LogP contribution in [0.4, 0.5) is 0 Å². The van der Waals surface area contributed by atoms with E-state index >= 15 is 0 Å². The summed E-state index contributed by atoms with van der Waals surface area (Å²) in [5, 5.41) is 0.898. The Labute approximate surface area is 146 Å². The maximum absolute atomic E-state index is 12.6. The lowest BCUT2D eigenvalue weighted by molar-refractivity contribution is -0.144. The Morgan fingerprint density at radius 1 is 1.28 bits per heavy atom. The molecule has 3 rings (SSSR count). The van der Waals surface area contributed by atoms with Crippen LogP contribution in [0.3, 0.4) is 0 Å². The van der Waals surface area contributed by atoms with Gasteiger partial charge in [-0.1, -0.05) is 0 Å². The van der Waals surface area contributed by atoms with E-state index in [1.54, 1.807) is 7.11 Å². The van der Waals surface area contributed by atoms with Gasteiger partial charge in [-0.3, -0.25) is 9.59 Å². The molecule has 0 saturated carbocycles. The zero-order valence-corrected chi connectivity index (χ0v) is 14.9. The fraction of sp³-hybridized carbons (Fsp3) is 0.474. The third-order valence-corrected chi connectivity index (χ3v) is 4.69. The number of pyridine rings is 1. The molecule has 1 aliphatic heterocycles. The Morgan fingerprint density at radius 3 is 2.68 bits per heavy atom. The molecular weight excluding hydrogens is 320 g/mol. The standard InChI is InChI=1S/C19H24N2O4/c1-12-10-25-11-13(2)21(12)18(22)7-4-14-8-15-9-16(24-3)5-6-17(15)20-19(14)23/h5-6,8-9,12-13H,4,7,10-11H2,1-3H3,(H,20,23). The van der Waals surface area contributed by atoms with Gasteiger partial charge < -0.3 is 19.4 Å². The molecule has 0 radical (unpaired) electrons. The molecule has 2 aromatic rings. The number of fused-ring (bicyclic) bond motifs is 1. The van der Waals surface area contributed by atoms with E-state index in [-0.39, 0.29) is 23.6 Å². The third-order valence-electron chi connectivity index (χ3n) is 4.69. The summed E-state index contributed by atoms with van der Waals surface area (Å²) in [6, 6.07) is 7.48. The SMILES string of the molecule is COc1ccc2[nH]c(=O)c(CCC(=O)N3C(C)COCC3C)cc2c1. The first-order chi connectivity index (χ1) is 12.0. The van der Waals surface area contributed by atoms with Gasteiger partial charge in [-0.15, -0.1) is 0 Å². The van der Waals surface area contributed by atoms with Crippen molar-refractivity contribution in [3.63, 3.8) is 0 Å². The van der Waals surface area contributed by atoms with Crippen LogP contribution in [0.2, 0.25) is 0 Å². The Bertz CT molecular complexity index is 820. The van der Waals surface area contributed by atoms with Gasteiger partial charge in [0, 0.05) is 22.9 Å². The molecule has 2 unspecified atom stereocenters. The molecule has 1 amide bonds. The van der Waals surface area contributed by atoms with Gasteiger partial charge in [-0.05, 0) is 44.5 Å². The van der Waals surface area contributed by atoms with Crippen molar-refractivity contribution in [2.75, 3.05) is 20.3 Å². The molecule has 1 fully saturated rings. The Kier molecular flexibility index (Phi) is 5.08. The van der Waals surface area contributed by atoms with E-state index in [1.165, 1.54) is 0 Å². The predicted molar refractivity (Wildman–Crippen MR) is 96.0 cm³/mol. The molecule has 0 spiro atoms. The second-order valence-corrected chi connectivity index (χ2v) is 6.61. The van der Waals surface area contributed by atoms with E-state index in [2.05, 4.69) is 4.98 Å². The van der Waals surface area contributed by atoms with E-state index in [4.69, 9.17) is 9.47 Å². The lowest BCUT2D eigenvalue weighted by Gasteiger charge is -2.38. The van der Waals surface area contributed by atoms with Gasteiger partial charge in [0.15, 0.2) is 0 Å². The van der Waals surface area contributed by atoms with Crippen molar-refractivity contribution in [3.8, 4) is 5.75 Å². The van der Waals surface area contributed by atoms with Crippen LogP contribution in [-0.4, -0.2) is 48.2 Å². The zero-order chi connectivity index (χ0) is 18.0. The number of benzene rings is 1. The molecule has 1 saturated heterocycles. The summed E-state index contributed by atoms with van der Waals surface area (Å²) in [5.74, 6) is 0.797. The van der Waals surface area contributed by atoms with Crippen molar-refractivity contribution in [2.45, 2.75) is 38.8 Å². The van der Waals surface area contributed by atoms with Gasteiger partial charge in [0.05, 0.1) is 32.4 Å². The highest BCUT2D eigenvalue weighted by molar-refractivity contribution is 5.81. The number of hydrogen-bond acceptors (Lipinski definition) is 4. The van der Waals surface area contributed by atoms with E-state index in [0.29, 0.717) is 31.6 Å². The van der Waals surface area contributed by atoms with Crippen LogP contribution in [0.5, 0.6) is 5.75 Å². The number of amides is 1. The smallest absolute Gasteiger partial charge is 0.251 e. The van der Waals surface area contributed by atoms with Crippen LogP contribution in [0.25, 0.3) is 10.9 Å². The maximum atomic E-state index is 12.6. The number of aromatic nitrogens is 1. The number of aryl methyl sites for hydroxylation is 1. The number of H-pyrrole nitrogens is 1. The van der Waals surface area contributed by atoms with Gasteiger partial charge in [0.2, 0.25) is 5.91 Å². The largest absolute Gasteiger partial charge is 0.497 e. The van der Waals surface area contributed by atoms with E-state index in [0.717, 1.165) is 16.7 Å².